The molecule has 27 heavy (non-hydrogen) atoms. The number of oxazole rings is 1. The van der Waals surface area contributed by atoms with Crippen LogP contribution in [-0.2, 0) is 16.0 Å². The van der Waals surface area contributed by atoms with Gasteiger partial charge >= 0.3 is 0 Å². The Labute approximate surface area is 161 Å². The van der Waals surface area contributed by atoms with E-state index < -0.39 is 0 Å². The number of aliphatic imine (C=N–C) groups is 1. The first kappa shape index (κ1) is 20.9. The maximum Gasteiger partial charge on any atom is 0.226 e. The van der Waals surface area contributed by atoms with Crippen molar-refractivity contribution in [1.29, 1.82) is 0 Å². The third kappa shape index (κ3) is 7.80. The van der Waals surface area contributed by atoms with Gasteiger partial charge in [-0.1, -0.05) is 17.7 Å². The summed E-state index contributed by atoms with van der Waals surface area (Å²) in [6, 6.07) is 8.12. The lowest BCUT2D eigenvalue weighted by atomic mass is 10.1. The minimum atomic E-state index is 0.551. The van der Waals surface area contributed by atoms with Gasteiger partial charge in [-0.2, -0.15) is 0 Å². The summed E-state index contributed by atoms with van der Waals surface area (Å²) < 4.78 is 16.0. The zero-order valence-electron chi connectivity index (χ0n) is 16.5. The Morgan fingerprint density at radius 3 is 2.67 bits per heavy atom. The molecule has 1 heterocycles. The number of guanidine groups is 1. The first-order valence-electron chi connectivity index (χ1n) is 9.25. The number of hydrogen-bond donors (Lipinski definition) is 2. The highest BCUT2D eigenvalue weighted by Gasteiger charge is 2.07. The van der Waals surface area contributed by atoms with Gasteiger partial charge in [0.2, 0.25) is 5.89 Å². The molecule has 2 rings (SSSR count). The Hall–Kier alpha value is -2.38. The predicted molar refractivity (Wildman–Crippen MR) is 107 cm³/mol. The lowest BCUT2D eigenvalue weighted by Gasteiger charge is -2.10. The van der Waals surface area contributed by atoms with E-state index in [9.17, 15) is 0 Å². The second kappa shape index (κ2) is 12.1. The van der Waals surface area contributed by atoms with E-state index in [1.54, 1.807) is 20.4 Å². The van der Waals surface area contributed by atoms with Gasteiger partial charge in [0.25, 0.3) is 0 Å². The van der Waals surface area contributed by atoms with E-state index in [-0.39, 0.29) is 0 Å². The standard InChI is InChI=1S/C20H30N4O3/c1-16-6-8-17(9-7-16)19-24-18(15-27-19)14-23-20(21-2)22-10-4-5-11-26-13-12-25-3/h6-9,15H,4-5,10-14H2,1-3H3,(H2,21,22,23). The molecule has 2 N–H and O–H groups in total. The number of aromatic nitrogens is 1. The molecule has 0 aliphatic carbocycles. The van der Waals surface area contributed by atoms with Crippen LogP contribution in [0, 0.1) is 6.92 Å². The highest BCUT2D eigenvalue weighted by molar-refractivity contribution is 5.79. The van der Waals surface area contributed by atoms with Crippen molar-refractivity contribution in [2.45, 2.75) is 26.3 Å². The van der Waals surface area contributed by atoms with Crippen molar-refractivity contribution in [2.24, 2.45) is 4.99 Å². The minimum Gasteiger partial charge on any atom is -0.444 e. The maximum absolute atomic E-state index is 5.58. The van der Waals surface area contributed by atoms with E-state index in [2.05, 4.69) is 27.5 Å². The number of nitrogens with one attached hydrogen (secondary N) is 2. The molecule has 0 amide bonds. The van der Waals surface area contributed by atoms with Crippen molar-refractivity contribution in [3.63, 3.8) is 0 Å². The molecule has 0 saturated carbocycles. The third-order valence-corrected chi connectivity index (χ3v) is 3.95. The predicted octanol–water partition coefficient (Wildman–Crippen LogP) is 2.76. The Morgan fingerprint density at radius 1 is 1.11 bits per heavy atom. The maximum atomic E-state index is 5.58. The summed E-state index contributed by atoms with van der Waals surface area (Å²) in [5.74, 6) is 1.37. The molecule has 0 aliphatic heterocycles. The van der Waals surface area contributed by atoms with Crippen molar-refractivity contribution in [1.82, 2.24) is 15.6 Å². The van der Waals surface area contributed by atoms with Crippen LogP contribution in [0.1, 0.15) is 24.1 Å². The molecule has 148 valence electrons. The molecule has 0 fully saturated rings. The zero-order chi connectivity index (χ0) is 19.3. The smallest absolute Gasteiger partial charge is 0.226 e. The summed E-state index contributed by atoms with van der Waals surface area (Å²) in [5, 5.41) is 6.53. The Morgan fingerprint density at radius 2 is 1.93 bits per heavy atom. The van der Waals surface area contributed by atoms with Crippen LogP contribution in [0.2, 0.25) is 0 Å². The second-order valence-electron chi connectivity index (χ2n) is 6.17. The highest BCUT2D eigenvalue weighted by atomic mass is 16.5. The van der Waals surface area contributed by atoms with Crippen LogP contribution in [-0.4, -0.2) is 51.5 Å². The van der Waals surface area contributed by atoms with Crippen molar-refractivity contribution in [3.8, 4) is 11.5 Å². The van der Waals surface area contributed by atoms with Crippen LogP contribution in [0.25, 0.3) is 11.5 Å². The molecule has 0 unspecified atom stereocenters. The van der Waals surface area contributed by atoms with E-state index in [1.807, 2.05) is 24.3 Å². The highest BCUT2D eigenvalue weighted by Crippen LogP contribution is 2.18. The quantitative estimate of drug-likeness (QED) is 0.358. The van der Waals surface area contributed by atoms with E-state index >= 15 is 0 Å². The fourth-order valence-electron chi connectivity index (χ4n) is 2.39. The molecule has 7 nitrogen and oxygen atoms in total. The van der Waals surface area contributed by atoms with Crippen molar-refractivity contribution in [3.05, 3.63) is 41.8 Å². The summed E-state index contributed by atoms with van der Waals surface area (Å²) in [5.41, 5.74) is 3.02. The van der Waals surface area contributed by atoms with E-state index in [0.29, 0.717) is 25.6 Å². The molecule has 1 aromatic carbocycles. The van der Waals surface area contributed by atoms with Gasteiger partial charge < -0.3 is 24.5 Å². The molecule has 0 atom stereocenters. The average molecular weight is 374 g/mol. The monoisotopic (exact) mass is 374 g/mol. The first-order chi connectivity index (χ1) is 13.2. The SMILES string of the molecule is CN=C(NCCCCOCCOC)NCc1coc(-c2ccc(C)cc2)n1. The first-order valence-corrected chi connectivity index (χ1v) is 9.25. The van der Waals surface area contributed by atoms with Gasteiger partial charge in [-0.25, -0.2) is 4.98 Å². The number of aryl methyl sites for hydroxylation is 1. The summed E-state index contributed by atoms with van der Waals surface area (Å²) >= 11 is 0. The van der Waals surface area contributed by atoms with Gasteiger partial charge in [-0.05, 0) is 31.9 Å². The number of ether oxygens (including phenoxy) is 2. The number of benzene rings is 1. The van der Waals surface area contributed by atoms with Crippen molar-refractivity contribution < 1.29 is 13.9 Å². The van der Waals surface area contributed by atoms with Crippen LogP contribution >= 0.6 is 0 Å². The fourth-order valence-corrected chi connectivity index (χ4v) is 2.39. The number of hydrogen-bond acceptors (Lipinski definition) is 5. The van der Waals surface area contributed by atoms with Crippen molar-refractivity contribution in [2.75, 3.05) is 40.5 Å². The molecule has 2 aromatic rings. The number of nitrogens with zero attached hydrogens (tertiary/aromatic N) is 2. The van der Waals surface area contributed by atoms with Crippen LogP contribution in [0.5, 0.6) is 0 Å². The molecule has 0 aliphatic rings. The fraction of sp³-hybridized carbons (Fsp3) is 0.500. The van der Waals surface area contributed by atoms with Crippen LogP contribution in [0.15, 0.2) is 39.9 Å². The Kier molecular flexibility index (Phi) is 9.37. The van der Waals surface area contributed by atoms with E-state index in [0.717, 1.165) is 43.2 Å². The molecule has 1 aromatic heterocycles. The van der Waals surface area contributed by atoms with Crippen LogP contribution in [0.3, 0.4) is 0 Å². The van der Waals surface area contributed by atoms with Gasteiger partial charge in [0.1, 0.15) is 6.26 Å². The number of rotatable bonds is 11. The molecule has 0 spiro atoms. The van der Waals surface area contributed by atoms with Gasteiger partial charge in [0, 0.05) is 32.9 Å². The number of methoxy groups -OCH3 is 1. The zero-order valence-corrected chi connectivity index (χ0v) is 16.5. The third-order valence-electron chi connectivity index (χ3n) is 3.95. The summed E-state index contributed by atoms with van der Waals surface area (Å²) in [6.07, 6.45) is 3.68. The normalized spacial score (nSPS) is 11.6. The average Bonchev–Trinajstić information content (AvgIpc) is 3.16. The molecule has 7 heteroatoms. The largest absolute Gasteiger partial charge is 0.444 e. The Balaban J connectivity index is 1.66. The van der Waals surface area contributed by atoms with E-state index in [1.165, 1.54) is 5.56 Å². The van der Waals surface area contributed by atoms with Gasteiger partial charge in [-0.3, -0.25) is 4.99 Å². The molecule has 0 bridgehead atoms. The molecule has 0 saturated heterocycles. The summed E-state index contributed by atoms with van der Waals surface area (Å²) in [6.45, 7) is 5.48. The lowest BCUT2D eigenvalue weighted by Crippen LogP contribution is -2.37. The molecule has 0 radical (unpaired) electrons. The van der Waals surface area contributed by atoms with Crippen LogP contribution < -0.4 is 10.6 Å². The minimum absolute atomic E-state index is 0.551. The van der Waals surface area contributed by atoms with Gasteiger partial charge in [0.15, 0.2) is 5.96 Å². The van der Waals surface area contributed by atoms with Gasteiger partial charge in [-0.15, -0.1) is 0 Å². The molecular weight excluding hydrogens is 344 g/mol. The van der Waals surface area contributed by atoms with E-state index in [4.69, 9.17) is 13.9 Å². The topological polar surface area (TPSA) is 80.9 Å². The Bertz CT molecular complexity index is 683. The van der Waals surface area contributed by atoms with Crippen LogP contribution in [0.4, 0.5) is 0 Å². The lowest BCUT2D eigenvalue weighted by molar-refractivity contribution is 0.0689. The molecular formula is C20H30N4O3. The summed E-state index contributed by atoms with van der Waals surface area (Å²) in [4.78, 5) is 8.75. The van der Waals surface area contributed by atoms with Gasteiger partial charge in [0.05, 0.1) is 25.5 Å². The summed E-state index contributed by atoms with van der Waals surface area (Å²) in [7, 11) is 3.43. The van der Waals surface area contributed by atoms with Crippen molar-refractivity contribution >= 4 is 5.96 Å². The second-order valence-corrected chi connectivity index (χ2v) is 6.17. The number of unbranched alkanes of at least 4 members (excludes halogenated alkanes) is 1.